The zero-order valence-corrected chi connectivity index (χ0v) is 9.48. The molecule has 0 fully saturated rings. The highest BCUT2D eigenvalue weighted by atomic mass is 14.3. The minimum Gasteiger partial charge on any atom is -0.0649 e. The van der Waals surface area contributed by atoms with Gasteiger partial charge in [-0.25, -0.2) is 0 Å². The van der Waals surface area contributed by atoms with Crippen LogP contribution >= 0.6 is 0 Å². The summed E-state index contributed by atoms with van der Waals surface area (Å²) in [6.45, 7) is 15.6. The summed E-state index contributed by atoms with van der Waals surface area (Å²) in [5.74, 6) is 1.40. The first-order valence-electron chi connectivity index (χ1n) is 5.29. The minimum absolute atomic E-state index is 0.534. The van der Waals surface area contributed by atoms with Gasteiger partial charge < -0.3 is 0 Å². The molecule has 0 saturated heterocycles. The zero-order valence-electron chi connectivity index (χ0n) is 9.48. The van der Waals surface area contributed by atoms with E-state index >= 15 is 0 Å². The molecule has 12 heavy (non-hydrogen) atoms. The largest absolute Gasteiger partial charge is 0.0649 e. The molecular formula is C12H25. The lowest BCUT2D eigenvalue weighted by molar-refractivity contribution is 0.163. The molecule has 2 unspecified atom stereocenters. The van der Waals surface area contributed by atoms with Crippen LogP contribution in [0.1, 0.15) is 53.9 Å². The van der Waals surface area contributed by atoms with Gasteiger partial charge in [0.15, 0.2) is 0 Å². The second-order valence-electron chi connectivity index (χ2n) is 4.60. The molecular weight excluding hydrogens is 144 g/mol. The van der Waals surface area contributed by atoms with Gasteiger partial charge in [0.1, 0.15) is 0 Å². The fraction of sp³-hybridized carbons (Fsp3) is 0.917. The summed E-state index contributed by atoms with van der Waals surface area (Å²) in [4.78, 5) is 0. The summed E-state index contributed by atoms with van der Waals surface area (Å²) in [6.07, 6.45) is 3.84. The summed E-state index contributed by atoms with van der Waals surface area (Å²) in [6, 6.07) is 0. The smallest absolute Gasteiger partial charge is 0.0305 e. The Morgan fingerprint density at radius 3 is 1.83 bits per heavy atom. The summed E-state index contributed by atoms with van der Waals surface area (Å²) in [7, 11) is 0. The minimum atomic E-state index is 0.534. The van der Waals surface area contributed by atoms with Crippen LogP contribution in [-0.2, 0) is 0 Å². The SMILES string of the molecule is [CH2]C(C)CC(C)C(C)(CC)CC. The van der Waals surface area contributed by atoms with Gasteiger partial charge in [0.2, 0.25) is 0 Å². The predicted octanol–water partition coefficient (Wildman–Crippen LogP) is 4.31. The molecule has 0 aromatic rings. The molecule has 0 saturated carbocycles. The van der Waals surface area contributed by atoms with Crippen molar-refractivity contribution in [2.24, 2.45) is 17.3 Å². The third-order valence-electron chi connectivity index (χ3n) is 3.56. The average molecular weight is 169 g/mol. The van der Waals surface area contributed by atoms with E-state index in [9.17, 15) is 0 Å². The Kier molecular flexibility index (Phi) is 4.89. The lowest BCUT2D eigenvalue weighted by Gasteiger charge is -2.35. The Hall–Kier alpha value is 0. The van der Waals surface area contributed by atoms with Crippen molar-refractivity contribution >= 4 is 0 Å². The van der Waals surface area contributed by atoms with Gasteiger partial charge in [0.25, 0.3) is 0 Å². The Bertz CT molecular complexity index is 109. The molecule has 0 aliphatic carbocycles. The van der Waals surface area contributed by atoms with Gasteiger partial charge in [-0.15, -0.1) is 0 Å². The topological polar surface area (TPSA) is 0 Å². The van der Waals surface area contributed by atoms with E-state index < -0.39 is 0 Å². The van der Waals surface area contributed by atoms with Gasteiger partial charge in [-0.05, 0) is 23.7 Å². The van der Waals surface area contributed by atoms with Crippen LogP contribution in [0.15, 0.2) is 0 Å². The van der Waals surface area contributed by atoms with E-state index in [-0.39, 0.29) is 0 Å². The molecule has 0 aliphatic rings. The molecule has 0 spiro atoms. The van der Waals surface area contributed by atoms with Gasteiger partial charge in [0.05, 0.1) is 0 Å². The van der Waals surface area contributed by atoms with Crippen LogP contribution in [0.3, 0.4) is 0 Å². The quantitative estimate of drug-likeness (QED) is 0.575. The maximum atomic E-state index is 4.06. The second-order valence-corrected chi connectivity index (χ2v) is 4.60. The fourth-order valence-electron chi connectivity index (χ4n) is 1.83. The first-order chi connectivity index (χ1) is 5.46. The maximum Gasteiger partial charge on any atom is -0.0305 e. The van der Waals surface area contributed by atoms with Crippen LogP contribution in [0.2, 0.25) is 0 Å². The van der Waals surface area contributed by atoms with Crippen molar-refractivity contribution in [3.05, 3.63) is 6.92 Å². The van der Waals surface area contributed by atoms with Crippen LogP contribution in [0.4, 0.5) is 0 Å². The normalized spacial score (nSPS) is 15.2. The molecule has 0 heterocycles. The molecule has 0 N–H and O–H groups in total. The summed E-state index contributed by atoms with van der Waals surface area (Å²) >= 11 is 0. The standard InChI is InChI=1S/C12H25/c1-7-12(6,8-2)11(5)9-10(3)4/h10-11H,3,7-9H2,1-2,4-6H3. The fourth-order valence-corrected chi connectivity index (χ4v) is 1.83. The van der Waals surface area contributed by atoms with Crippen molar-refractivity contribution in [1.82, 2.24) is 0 Å². The molecule has 1 radical (unpaired) electrons. The van der Waals surface area contributed by atoms with E-state index in [2.05, 4.69) is 41.5 Å². The number of rotatable bonds is 5. The second kappa shape index (κ2) is 4.89. The van der Waals surface area contributed by atoms with E-state index in [4.69, 9.17) is 0 Å². The van der Waals surface area contributed by atoms with E-state index in [0.29, 0.717) is 11.3 Å². The van der Waals surface area contributed by atoms with Gasteiger partial charge in [-0.3, -0.25) is 0 Å². The Balaban J connectivity index is 4.11. The summed E-state index contributed by atoms with van der Waals surface area (Å²) in [5.41, 5.74) is 0.534. The lowest BCUT2D eigenvalue weighted by atomic mass is 9.71. The van der Waals surface area contributed by atoms with Crippen LogP contribution in [0.5, 0.6) is 0 Å². The summed E-state index contributed by atoms with van der Waals surface area (Å²) < 4.78 is 0. The monoisotopic (exact) mass is 169 g/mol. The Labute approximate surface area is 78.8 Å². The van der Waals surface area contributed by atoms with Crippen molar-refractivity contribution in [2.45, 2.75) is 53.9 Å². The molecule has 0 heteroatoms. The third kappa shape index (κ3) is 3.16. The summed E-state index contributed by atoms with van der Waals surface area (Å²) in [5, 5.41) is 0. The van der Waals surface area contributed by atoms with Gasteiger partial charge in [-0.2, -0.15) is 0 Å². The highest BCUT2D eigenvalue weighted by Gasteiger charge is 2.27. The van der Waals surface area contributed by atoms with E-state index in [0.717, 1.165) is 5.92 Å². The zero-order chi connectivity index (χ0) is 9.78. The van der Waals surface area contributed by atoms with Gasteiger partial charge in [0, 0.05) is 0 Å². The molecule has 0 aromatic carbocycles. The molecule has 0 aromatic heterocycles. The van der Waals surface area contributed by atoms with Crippen molar-refractivity contribution in [3.8, 4) is 0 Å². The van der Waals surface area contributed by atoms with Crippen LogP contribution in [0, 0.1) is 24.2 Å². The highest BCUT2D eigenvalue weighted by molar-refractivity contribution is 4.78. The predicted molar refractivity (Wildman–Crippen MR) is 57.0 cm³/mol. The van der Waals surface area contributed by atoms with Gasteiger partial charge >= 0.3 is 0 Å². The third-order valence-corrected chi connectivity index (χ3v) is 3.56. The first-order valence-corrected chi connectivity index (χ1v) is 5.29. The van der Waals surface area contributed by atoms with Crippen molar-refractivity contribution < 1.29 is 0 Å². The molecule has 0 bridgehead atoms. The lowest BCUT2D eigenvalue weighted by Crippen LogP contribution is -2.24. The molecule has 0 amide bonds. The van der Waals surface area contributed by atoms with Crippen molar-refractivity contribution in [2.75, 3.05) is 0 Å². The Morgan fingerprint density at radius 1 is 1.17 bits per heavy atom. The molecule has 0 nitrogen and oxygen atoms in total. The molecule has 73 valence electrons. The van der Waals surface area contributed by atoms with Crippen LogP contribution in [-0.4, -0.2) is 0 Å². The van der Waals surface area contributed by atoms with E-state index in [1.54, 1.807) is 0 Å². The average Bonchev–Trinajstić information content (AvgIpc) is 2.02. The van der Waals surface area contributed by atoms with E-state index in [1.165, 1.54) is 19.3 Å². The molecule has 2 atom stereocenters. The maximum absolute atomic E-state index is 4.06. The molecule has 0 aliphatic heterocycles. The molecule has 0 rings (SSSR count). The highest BCUT2D eigenvalue weighted by Crippen LogP contribution is 2.37. The Morgan fingerprint density at radius 2 is 1.58 bits per heavy atom. The van der Waals surface area contributed by atoms with Crippen molar-refractivity contribution in [1.29, 1.82) is 0 Å². The first kappa shape index (κ1) is 12.0. The van der Waals surface area contributed by atoms with E-state index in [1.807, 2.05) is 0 Å². The number of hydrogen-bond donors (Lipinski definition) is 0. The number of hydrogen-bond acceptors (Lipinski definition) is 0. The van der Waals surface area contributed by atoms with Crippen molar-refractivity contribution in [3.63, 3.8) is 0 Å². The van der Waals surface area contributed by atoms with Crippen LogP contribution < -0.4 is 0 Å². The van der Waals surface area contributed by atoms with Crippen LogP contribution in [0.25, 0.3) is 0 Å². The van der Waals surface area contributed by atoms with Gasteiger partial charge in [-0.1, -0.05) is 54.4 Å².